The number of nitrogens with zero attached hydrogens (tertiary/aromatic N) is 1. The number of hydrogen-bond acceptors (Lipinski definition) is 4. The summed E-state index contributed by atoms with van der Waals surface area (Å²) >= 11 is 1.62. The lowest BCUT2D eigenvalue weighted by Crippen LogP contribution is -2.45. The highest BCUT2D eigenvalue weighted by molar-refractivity contribution is 7.09. The fourth-order valence-electron chi connectivity index (χ4n) is 1.46. The zero-order valence-electron chi connectivity index (χ0n) is 10.4. The Kier molecular flexibility index (Phi) is 8.66. The van der Waals surface area contributed by atoms with E-state index in [1.807, 2.05) is 17.5 Å². The van der Waals surface area contributed by atoms with Gasteiger partial charge in [0.1, 0.15) is 6.04 Å². The molecular weight excluding hydrogens is 272 g/mol. The van der Waals surface area contributed by atoms with Gasteiger partial charge in [0.15, 0.2) is 0 Å². The molecule has 1 heterocycles. The lowest BCUT2D eigenvalue weighted by atomic mass is 10.2. The van der Waals surface area contributed by atoms with Gasteiger partial charge in [0, 0.05) is 18.5 Å². The van der Waals surface area contributed by atoms with Gasteiger partial charge in [-0.3, -0.25) is 4.79 Å². The maximum atomic E-state index is 12.0. The molecule has 18 heavy (non-hydrogen) atoms. The molecule has 0 aromatic carbocycles. The molecule has 1 atom stereocenters. The summed E-state index contributed by atoms with van der Waals surface area (Å²) in [4.78, 5) is 14.8. The van der Waals surface area contributed by atoms with Crippen LogP contribution in [0.3, 0.4) is 0 Å². The lowest BCUT2D eigenvalue weighted by Gasteiger charge is -2.23. The van der Waals surface area contributed by atoms with Crippen LogP contribution in [0.2, 0.25) is 0 Å². The van der Waals surface area contributed by atoms with Crippen LogP contribution in [0.1, 0.15) is 4.88 Å². The first-order valence-electron chi connectivity index (χ1n) is 5.35. The molecule has 0 saturated heterocycles. The number of rotatable bonds is 7. The standard InChI is InChI=1S/C12H18N2O2S.ClH/c1-3-6-14(8-10-5-4-7-17-10)12(15)11(13)9-16-2;/h3-5,7,11H,1,6,8-9,13H2,2H3;1H. The third-order valence-electron chi connectivity index (χ3n) is 2.25. The summed E-state index contributed by atoms with van der Waals surface area (Å²) < 4.78 is 4.89. The molecule has 0 spiro atoms. The second kappa shape index (κ2) is 9.10. The van der Waals surface area contributed by atoms with Gasteiger partial charge < -0.3 is 15.4 Å². The summed E-state index contributed by atoms with van der Waals surface area (Å²) in [6.45, 7) is 4.95. The van der Waals surface area contributed by atoms with Crippen molar-refractivity contribution in [3.63, 3.8) is 0 Å². The van der Waals surface area contributed by atoms with Crippen LogP contribution >= 0.6 is 23.7 Å². The molecule has 4 nitrogen and oxygen atoms in total. The third-order valence-corrected chi connectivity index (χ3v) is 3.11. The van der Waals surface area contributed by atoms with Crippen LogP contribution in [0.15, 0.2) is 30.2 Å². The molecule has 1 unspecified atom stereocenters. The first-order chi connectivity index (χ1) is 8.19. The van der Waals surface area contributed by atoms with Crippen molar-refractivity contribution >= 4 is 29.7 Å². The molecule has 1 aromatic heterocycles. The van der Waals surface area contributed by atoms with Crippen molar-refractivity contribution in [1.29, 1.82) is 0 Å². The highest BCUT2D eigenvalue weighted by Gasteiger charge is 2.20. The molecule has 1 rings (SSSR count). The van der Waals surface area contributed by atoms with Gasteiger partial charge in [-0.15, -0.1) is 30.3 Å². The van der Waals surface area contributed by atoms with Crippen LogP contribution in [0.25, 0.3) is 0 Å². The average Bonchev–Trinajstić information content (AvgIpc) is 2.80. The molecule has 0 saturated carbocycles. The number of carbonyl (C=O) groups is 1. The van der Waals surface area contributed by atoms with Crippen LogP contribution in [0.5, 0.6) is 0 Å². The minimum absolute atomic E-state index is 0. The van der Waals surface area contributed by atoms with Crippen LogP contribution in [-0.2, 0) is 16.1 Å². The summed E-state index contributed by atoms with van der Waals surface area (Å²) in [5.74, 6) is -0.111. The molecule has 1 aromatic rings. The van der Waals surface area contributed by atoms with E-state index in [-0.39, 0.29) is 24.9 Å². The van der Waals surface area contributed by atoms with Crippen molar-refractivity contribution in [2.75, 3.05) is 20.3 Å². The second-order valence-electron chi connectivity index (χ2n) is 3.65. The van der Waals surface area contributed by atoms with Crippen LogP contribution in [0, 0.1) is 0 Å². The smallest absolute Gasteiger partial charge is 0.242 e. The van der Waals surface area contributed by atoms with Gasteiger partial charge in [0.25, 0.3) is 0 Å². The average molecular weight is 291 g/mol. The summed E-state index contributed by atoms with van der Waals surface area (Å²) in [5.41, 5.74) is 5.74. The molecule has 0 aliphatic carbocycles. The number of hydrogen-bond donors (Lipinski definition) is 1. The molecule has 0 bridgehead atoms. The number of amides is 1. The van der Waals surface area contributed by atoms with Gasteiger partial charge in [0.2, 0.25) is 5.91 Å². The Morgan fingerprint density at radius 1 is 1.72 bits per heavy atom. The second-order valence-corrected chi connectivity index (χ2v) is 4.68. The molecule has 0 radical (unpaired) electrons. The van der Waals surface area contributed by atoms with Crippen molar-refractivity contribution in [3.8, 4) is 0 Å². The van der Waals surface area contributed by atoms with Crippen molar-refractivity contribution < 1.29 is 9.53 Å². The Balaban J connectivity index is 0.00000289. The van der Waals surface area contributed by atoms with Crippen molar-refractivity contribution in [3.05, 3.63) is 35.0 Å². The van der Waals surface area contributed by atoms with Gasteiger partial charge >= 0.3 is 0 Å². The first-order valence-corrected chi connectivity index (χ1v) is 6.23. The quantitative estimate of drug-likeness (QED) is 0.777. The number of halogens is 1. The predicted molar refractivity (Wildman–Crippen MR) is 77.0 cm³/mol. The minimum atomic E-state index is -0.611. The molecule has 0 aliphatic rings. The number of ether oxygens (including phenoxy) is 1. The van der Waals surface area contributed by atoms with E-state index in [9.17, 15) is 4.79 Å². The Bertz CT molecular complexity index is 357. The molecule has 0 fully saturated rings. The summed E-state index contributed by atoms with van der Waals surface area (Å²) in [7, 11) is 1.53. The topological polar surface area (TPSA) is 55.6 Å². The largest absolute Gasteiger partial charge is 0.383 e. The van der Waals surface area contributed by atoms with Crippen molar-refractivity contribution in [2.45, 2.75) is 12.6 Å². The van der Waals surface area contributed by atoms with Gasteiger partial charge in [0.05, 0.1) is 13.2 Å². The number of thiophene rings is 1. The molecule has 0 aliphatic heterocycles. The number of carbonyl (C=O) groups excluding carboxylic acids is 1. The van der Waals surface area contributed by atoms with Gasteiger partial charge in [-0.25, -0.2) is 0 Å². The molecule has 102 valence electrons. The first kappa shape index (κ1) is 17.1. The predicted octanol–water partition coefficient (Wildman–Crippen LogP) is 1.66. The zero-order valence-corrected chi connectivity index (χ0v) is 12.0. The molecule has 2 N–H and O–H groups in total. The van der Waals surface area contributed by atoms with Crippen molar-refractivity contribution in [1.82, 2.24) is 4.90 Å². The van der Waals surface area contributed by atoms with Gasteiger partial charge in [-0.05, 0) is 11.4 Å². The summed E-state index contributed by atoms with van der Waals surface area (Å²) in [6, 6.07) is 3.35. The van der Waals surface area contributed by atoms with E-state index in [2.05, 4.69) is 6.58 Å². The Morgan fingerprint density at radius 3 is 2.94 bits per heavy atom. The lowest BCUT2D eigenvalue weighted by molar-refractivity contribution is -0.133. The number of methoxy groups -OCH3 is 1. The van der Waals surface area contributed by atoms with E-state index in [1.54, 1.807) is 22.3 Å². The maximum Gasteiger partial charge on any atom is 0.242 e. The van der Waals surface area contributed by atoms with E-state index in [0.29, 0.717) is 13.1 Å². The third kappa shape index (κ3) is 5.18. The molecule has 1 amide bonds. The molecular formula is C12H19ClN2O2S. The van der Waals surface area contributed by atoms with Gasteiger partial charge in [-0.1, -0.05) is 12.1 Å². The Morgan fingerprint density at radius 2 is 2.44 bits per heavy atom. The van der Waals surface area contributed by atoms with E-state index in [0.717, 1.165) is 4.88 Å². The van der Waals surface area contributed by atoms with Crippen LogP contribution in [0.4, 0.5) is 0 Å². The van der Waals surface area contributed by atoms with Gasteiger partial charge in [-0.2, -0.15) is 0 Å². The highest BCUT2D eigenvalue weighted by Crippen LogP contribution is 2.12. The zero-order chi connectivity index (χ0) is 12.7. The van der Waals surface area contributed by atoms with E-state index in [4.69, 9.17) is 10.5 Å². The summed E-state index contributed by atoms with van der Waals surface area (Å²) in [6.07, 6.45) is 1.70. The maximum absolute atomic E-state index is 12.0. The number of nitrogens with two attached hydrogens (primary N) is 1. The highest BCUT2D eigenvalue weighted by atomic mass is 35.5. The van der Waals surface area contributed by atoms with E-state index >= 15 is 0 Å². The van der Waals surface area contributed by atoms with Crippen LogP contribution < -0.4 is 5.73 Å². The van der Waals surface area contributed by atoms with Crippen LogP contribution in [-0.4, -0.2) is 37.1 Å². The SMILES string of the molecule is C=CCN(Cc1cccs1)C(=O)C(N)COC.Cl. The minimum Gasteiger partial charge on any atom is -0.383 e. The van der Waals surface area contributed by atoms with E-state index in [1.165, 1.54) is 7.11 Å². The Hall–Kier alpha value is -0.880. The van der Waals surface area contributed by atoms with Crippen molar-refractivity contribution in [2.24, 2.45) is 5.73 Å². The summed E-state index contributed by atoms with van der Waals surface area (Å²) in [5, 5.41) is 1.99. The fraction of sp³-hybridized carbons (Fsp3) is 0.417. The monoisotopic (exact) mass is 290 g/mol. The molecule has 6 heteroatoms. The van der Waals surface area contributed by atoms with E-state index < -0.39 is 6.04 Å². The Labute approximate surface area is 118 Å². The fourth-order valence-corrected chi connectivity index (χ4v) is 2.18. The normalized spacial score (nSPS) is 11.4.